The average Bonchev–Trinajstić information content (AvgIpc) is 2.83. The fourth-order valence-corrected chi connectivity index (χ4v) is 3.76. The molecule has 166 valence electrons. The molecule has 32 heavy (non-hydrogen) atoms. The summed E-state index contributed by atoms with van der Waals surface area (Å²) in [7, 11) is 0. The number of amides is 2. The van der Waals surface area contributed by atoms with E-state index in [0.717, 1.165) is 23.1 Å². The Kier molecular flexibility index (Phi) is 8.88. The van der Waals surface area contributed by atoms with E-state index in [0.29, 0.717) is 31.0 Å². The maximum Gasteiger partial charge on any atom is 0.243 e. The molecule has 3 aromatic rings. The van der Waals surface area contributed by atoms with Gasteiger partial charge in [0.05, 0.1) is 0 Å². The predicted octanol–water partition coefficient (Wildman–Crippen LogP) is 5.05. The van der Waals surface area contributed by atoms with Gasteiger partial charge < -0.3 is 10.2 Å². The first-order chi connectivity index (χ1) is 15.6. The highest BCUT2D eigenvalue weighted by molar-refractivity contribution is 6.30. The van der Waals surface area contributed by atoms with E-state index in [4.69, 9.17) is 11.6 Å². The molecule has 0 spiro atoms. The SMILES string of the molecule is CCC(=O)N(Cc1ccc(Cl)cc1)C(Cc1ccccc1)C(=O)NCCc1ccccc1. The number of carbonyl (C=O) groups is 2. The summed E-state index contributed by atoms with van der Waals surface area (Å²) in [6.45, 7) is 2.70. The van der Waals surface area contributed by atoms with Crippen LogP contribution in [0.2, 0.25) is 5.02 Å². The third kappa shape index (κ3) is 6.96. The van der Waals surface area contributed by atoms with Gasteiger partial charge in [-0.3, -0.25) is 9.59 Å². The number of nitrogens with zero attached hydrogens (tertiary/aromatic N) is 1. The number of benzene rings is 3. The fraction of sp³-hybridized carbons (Fsp3) is 0.259. The summed E-state index contributed by atoms with van der Waals surface area (Å²) < 4.78 is 0. The molecule has 1 unspecified atom stereocenters. The van der Waals surface area contributed by atoms with Crippen molar-refractivity contribution in [3.05, 3.63) is 107 Å². The normalized spacial score (nSPS) is 11.6. The van der Waals surface area contributed by atoms with Crippen molar-refractivity contribution in [2.75, 3.05) is 6.54 Å². The van der Waals surface area contributed by atoms with Crippen LogP contribution in [0.4, 0.5) is 0 Å². The molecule has 0 aliphatic rings. The Morgan fingerprint density at radius 3 is 2.03 bits per heavy atom. The summed E-state index contributed by atoms with van der Waals surface area (Å²) in [5, 5.41) is 3.69. The molecule has 0 heterocycles. The van der Waals surface area contributed by atoms with E-state index in [1.807, 2.05) is 79.7 Å². The number of rotatable bonds is 10. The van der Waals surface area contributed by atoms with E-state index < -0.39 is 6.04 Å². The van der Waals surface area contributed by atoms with Gasteiger partial charge in [0.2, 0.25) is 11.8 Å². The summed E-state index contributed by atoms with van der Waals surface area (Å²) in [6, 6.07) is 26.7. The average molecular weight is 449 g/mol. The summed E-state index contributed by atoms with van der Waals surface area (Å²) in [5.41, 5.74) is 3.11. The van der Waals surface area contributed by atoms with Crippen molar-refractivity contribution in [1.29, 1.82) is 0 Å². The number of hydrogen-bond donors (Lipinski definition) is 1. The molecule has 4 nitrogen and oxygen atoms in total. The lowest BCUT2D eigenvalue weighted by Crippen LogP contribution is -2.50. The molecule has 0 aromatic heterocycles. The Morgan fingerprint density at radius 2 is 1.44 bits per heavy atom. The van der Waals surface area contributed by atoms with Crippen LogP contribution in [0.25, 0.3) is 0 Å². The molecule has 0 saturated carbocycles. The van der Waals surface area contributed by atoms with Crippen molar-refractivity contribution in [1.82, 2.24) is 10.2 Å². The fourth-order valence-electron chi connectivity index (χ4n) is 3.64. The van der Waals surface area contributed by atoms with Crippen molar-refractivity contribution in [2.24, 2.45) is 0 Å². The Hall–Kier alpha value is -3.11. The van der Waals surface area contributed by atoms with Gasteiger partial charge in [0, 0.05) is 31.0 Å². The molecule has 0 radical (unpaired) electrons. The molecule has 3 aromatic carbocycles. The van der Waals surface area contributed by atoms with Crippen LogP contribution in [0.1, 0.15) is 30.0 Å². The molecular weight excluding hydrogens is 420 g/mol. The van der Waals surface area contributed by atoms with Gasteiger partial charge in [0.15, 0.2) is 0 Å². The Labute approximate surface area is 195 Å². The number of halogens is 1. The number of nitrogens with one attached hydrogen (secondary N) is 1. The molecule has 3 rings (SSSR count). The molecule has 2 amide bonds. The Bertz CT molecular complexity index is 991. The highest BCUT2D eigenvalue weighted by Gasteiger charge is 2.29. The zero-order valence-corrected chi connectivity index (χ0v) is 19.1. The molecule has 0 saturated heterocycles. The zero-order valence-electron chi connectivity index (χ0n) is 18.3. The molecule has 1 N–H and O–H groups in total. The monoisotopic (exact) mass is 448 g/mol. The molecule has 0 bridgehead atoms. The lowest BCUT2D eigenvalue weighted by molar-refractivity contribution is -0.141. The molecule has 0 aliphatic heterocycles. The summed E-state index contributed by atoms with van der Waals surface area (Å²) in [4.78, 5) is 27.9. The quantitative estimate of drug-likeness (QED) is 0.472. The van der Waals surface area contributed by atoms with E-state index in [-0.39, 0.29) is 11.8 Å². The van der Waals surface area contributed by atoms with E-state index in [1.54, 1.807) is 17.0 Å². The second-order valence-electron chi connectivity index (χ2n) is 7.73. The first-order valence-corrected chi connectivity index (χ1v) is 11.3. The second-order valence-corrected chi connectivity index (χ2v) is 8.17. The van der Waals surface area contributed by atoms with Crippen LogP contribution in [0, 0.1) is 0 Å². The molecular formula is C27H29ClN2O2. The van der Waals surface area contributed by atoms with Crippen LogP contribution in [-0.4, -0.2) is 29.3 Å². The summed E-state index contributed by atoms with van der Waals surface area (Å²) in [6.07, 6.45) is 1.52. The van der Waals surface area contributed by atoms with Crippen LogP contribution < -0.4 is 5.32 Å². The van der Waals surface area contributed by atoms with E-state index in [2.05, 4.69) is 5.32 Å². The minimum atomic E-state index is -0.601. The maximum atomic E-state index is 13.3. The van der Waals surface area contributed by atoms with Crippen molar-refractivity contribution in [3.63, 3.8) is 0 Å². The van der Waals surface area contributed by atoms with Gasteiger partial charge in [-0.15, -0.1) is 0 Å². The third-order valence-corrected chi connectivity index (χ3v) is 5.65. The van der Waals surface area contributed by atoms with Crippen molar-refractivity contribution >= 4 is 23.4 Å². The van der Waals surface area contributed by atoms with E-state index >= 15 is 0 Å². The lowest BCUT2D eigenvalue weighted by atomic mass is 10.0. The Morgan fingerprint density at radius 1 is 0.844 bits per heavy atom. The van der Waals surface area contributed by atoms with Gasteiger partial charge >= 0.3 is 0 Å². The highest BCUT2D eigenvalue weighted by Crippen LogP contribution is 2.17. The summed E-state index contributed by atoms with van der Waals surface area (Å²) in [5.74, 6) is -0.195. The smallest absolute Gasteiger partial charge is 0.243 e. The Balaban J connectivity index is 1.79. The zero-order chi connectivity index (χ0) is 22.8. The van der Waals surface area contributed by atoms with Crippen LogP contribution in [0.15, 0.2) is 84.9 Å². The minimum Gasteiger partial charge on any atom is -0.354 e. The van der Waals surface area contributed by atoms with Gasteiger partial charge in [0.25, 0.3) is 0 Å². The van der Waals surface area contributed by atoms with E-state index in [1.165, 1.54) is 0 Å². The van der Waals surface area contributed by atoms with Crippen LogP contribution >= 0.6 is 11.6 Å². The van der Waals surface area contributed by atoms with E-state index in [9.17, 15) is 9.59 Å². The second kappa shape index (κ2) is 12.1. The van der Waals surface area contributed by atoms with Gasteiger partial charge in [-0.05, 0) is 35.2 Å². The minimum absolute atomic E-state index is 0.0564. The van der Waals surface area contributed by atoms with Gasteiger partial charge in [-0.25, -0.2) is 0 Å². The largest absolute Gasteiger partial charge is 0.354 e. The highest BCUT2D eigenvalue weighted by atomic mass is 35.5. The maximum absolute atomic E-state index is 13.3. The first kappa shape index (κ1) is 23.6. The van der Waals surface area contributed by atoms with Gasteiger partial charge in [0.1, 0.15) is 6.04 Å². The molecule has 5 heteroatoms. The van der Waals surface area contributed by atoms with Crippen molar-refractivity contribution in [3.8, 4) is 0 Å². The molecule has 0 fully saturated rings. The van der Waals surface area contributed by atoms with Gasteiger partial charge in [-0.1, -0.05) is 91.3 Å². The summed E-state index contributed by atoms with van der Waals surface area (Å²) >= 11 is 6.02. The first-order valence-electron chi connectivity index (χ1n) is 11.0. The van der Waals surface area contributed by atoms with Crippen molar-refractivity contribution in [2.45, 2.75) is 38.8 Å². The topological polar surface area (TPSA) is 49.4 Å². The van der Waals surface area contributed by atoms with Crippen LogP contribution in [0.3, 0.4) is 0 Å². The van der Waals surface area contributed by atoms with Crippen LogP contribution in [0.5, 0.6) is 0 Å². The van der Waals surface area contributed by atoms with Crippen LogP contribution in [-0.2, 0) is 29.0 Å². The number of carbonyl (C=O) groups excluding carboxylic acids is 2. The van der Waals surface area contributed by atoms with Gasteiger partial charge in [-0.2, -0.15) is 0 Å². The predicted molar refractivity (Wildman–Crippen MR) is 129 cm³/mol. The third-order valence-electron chi connectivity index (χ3n) is 5.40. The van der Waals surface area contributed by atoms with Crippen molar-refractivity contribution < 1.29 is 9.59 Å². The lowest BCUT2D eigenvalue weighted by Gasteiger charge is -2.31. The molecule has 1 atom stereocenters. The molecule has 0 aliphatic carbocycles. The standard InChI is InChI=1S/C27H29ClN2O2/c1-2-26(31)30(20-23-13-15-24(28)16-14-23)25(19-22-11-7-4-8-12-22)27(32)29-18-17-21-9-5-3-6-10-21/h3-16,25H,2,17-20H2,1H3,(H,29,32). The number of hydrogen-bond acceptors (Lipinski definition) is 2.